The summed E-state index contributed by atoms with van der Waals surface area (Å²) in [6.45, 7) is 0.209. The molecule has 0 aliphatic heterocycles. The van der Waals surface area contributed by atoms with E-state index in [9.17, 15) is 5.26 Å². The standard InChI is InChI=1S/C19H16ClN5O2/c20-14-2-1-3-15(10-14)23-19-17(11-21)18(24-25-19)22-12-13-4-6-16(7-5-13)27-9-8-26/h1-7,10,12,26H,8-9H2,(H2,23,24,25)/b22-12+. The van der Waals surface area contributed by atoms with Crippen LogP contribution in [0.25, 0.3) is 0 Å². The third-order valence-corrected chi connectivity index (χ3v) is 3.76. The van der Waals surface area contributed by atoms with Crippen LogP contribution >= 0.6 is 11.6 Å². The molecule has 8 heteroatoms. The van der Waals surface area contributed by atoms with Crippen molar-refractivity contribution >= 4 is 35.1 Å². The largest absolute Gasteiger partial charge is 0.491 e. The van der Waals surface area contributed by atoms with Crippen LogP contribution in [0, 0.1) is 11.3 Å². The van der Waals surface area contributed by atoms with Gasteiger partial charge in [-0.05, 0) is 48.0 Å². The molecule has 0 radical (unpaired) electrons. The number of hydrogen-bond acceptors (Lipinski definition) is 6. The van der Waals surface area contributed by atoms with Crippen LogP contribution in [0.15, 0.2) is 53.5 Å². The molecule has 1 heterocycles. The van der Waals surface area contributed by atoms with Crippen LogP contribution in [0.2, 0.25) is 5.02 Å². The number of benzene rings is 2. The van der Waals surface area contributed by atoms with Crippen molar-refractivity contribution in [3.05, 3.63) is 64.7 Å². The Morgan fingerprint density at radius 3 is 2.81 bits per heavy atom. The predicted octanol–water partition coefficient (Wildman–Crippen LogP) is 3.80. The lowest BCUT2D eigenvalue weighted by molar-refractivity contribution is 0.201. The summed E-state index contributed by atoms with van der Waals surface area (Å²) < 4.78 is 5.31. The van der Waals surface area contributed by atoms with Crippen LogP contribution in [0.4, 0.5) is 17.3 Å². The molecule has 0 saturated carbocycles. The summed E-state index contributed by atoms with van der Waals surface area (Å²) in [5.41, 5.74) is 1.85. The number of aliphatic hydroxyl groups is 1. The van der Waals surface area contributed by atoms with E-state index in [2.05, 4.69) is 26.6 Å². The number of aromatic amines is 1. The Bertz CT molecular complexity index is 977. The van der Waals surface area contributed by atoms with Gasteiger partial charge < -0.3 is 15.2 Å². The van der Waals surface area contributed by atoms with E-state index in [-0.39, 0.29) is 13.2 Å². The highest BCUT2D eigenvalue weighted by atomic mass is 35.5. The van der Waals surface area contributed by atoms with Crippen LogP contribution < -0.4 is 10.1 Å². The molecule has 27 heavy (non-hydrogen) atoms. The number of halogens is 1. The van der Waals surface area contributed by atoms with Crippen molar-refractivity contribution in [2.24, 2.45) is 4.99 Å². The van der Waals surface area contributed by atoms with E-state index in [4.69, 9.17) is 21.4 Å². The Kier molecular flexibility index (Phi) is 6.05. The van der Waals surface area contributed by atoms with Crippen LogP contribution in [0.5, 0.6) is 5.75 Å². The Labute approximate surface area is 160 Å². The Balaban J connectivity index is 1.74. The topological polar surface area (TPSA) is 106 Å². The SMILES string of the molecule is N#Cc1c(Nc2cccc(Cl)c2)n[nH]c1/N=C/c1ccc(OCCO)cc1. The Hall–Kier alpha value is -3.34. The van der Waals surface area contributed by atoms with Gasteiger partial charge in [-0.3, -0.25) is 5.10 Å². The van der Waals surface area contributed by atoms with Crippen molar-refractivity contribution in [3.8, 4) is 11.8 Å². The molecule has 0 aliphatic rings. The predicted molar refractivity (Wildman–Crippen MR) is 104 cm³/mol. The molecule has 1 aromatic heterocycles. The van der Waals surface area contributed by atoms with Crippen molar-refractivity contribution in [1.82, 2.24) is 10.2 Å². The number of H-pyrrole nitrogens is 1. The van der Waals surface area contributed by atoms with Gasteiger partial charge in [0.2, 0.25) is 0 Å². The Morgan fingerprint density at radius 2 is 2.11 bits per heavy atom. The lowest BCUT2D eigenvalue weighted by Gasteiger charge is -2.03. The fourth-order valence-electron chi connectivity index (χ4n) is 2.28. The summed E-state index contributed by atoms with van der Waals surface area (Å²) in [5, 5.41) is 28.7. The number of ether oxygens (including phenoxy) is 1. The van der Waals surface area contributed by atoms with Gasteiger partial charge >= 0.3 is 0 Å². The molecule has 0 bridgehead atoms. The summed E-state index contributed by atoms with van der Waals surface area (Å²) in [6.07, 6.45) is 1.62. The second-order valence-electron chi connectivity index (χ2n) is 5.44. The fourth-order valence-corrected chi connectivity index (χ4v) is 2.47. The fraction of sp³-hybridized carbons (Fsp3) is 0.105. The number of rotatable bonds is 7. The number of nitrogens with one attached hydrogen (secondary N) is 2. The van der Waals surface area contributed by atoms with Gasteiger partial charge in [-0.25, -0.2) is 4.99 Å². The van der Waals surface area contributed by atoms with Gasteiger partial charge in [0, 0.05) is 16.9 Å². The number of nitriles is 1. The first-order valence-corrected chi connectivity index (χ1v) is 8.46. The number of aliphatic imine (C=N–C) groups is 1. The van der Waals surface area contributed by atoms with Gasteiger partial charge in [-0.2, -0.15) is 10.4 Å². The summed E-state index contributed by atoms with van der Waals surface area (Å²) >= 11 is 5.97. The number of hydrogen-bond donors (Lipinski definition) is 3. The van der Waals surface area contributed by atoms with Crippen molar-refractivity contribution in [3.63, 3.8) is 0 Å². The minimum Gasteiger partial charge on any atom is -0.491 e. The second kappa shape index (κ2) is 8.85. The van der Waals surface area contributed by atoms with Crippen LogP contribution in [-0.2, 0) is 0 Å². The van der Waals surface area contributed by atoms with Gasteiger partial charge in [0.05, 0.1) is 6.61 Å². The number of aromatic nitrogens is 2. The molecule has 0 spiro atoms. The van der Waals surface area contributed by atoms with Gasteiger partial charge in [-0.15, -0.1) is 0 Å². The van der Waals surface area contributed by atoms with Crippen molar-refractivity contribution in [2.75, 3.05) is 18.5 Å². The Morgan fingerprint density at radius 1 is 1.30 bits per heavy atom. The minimum atomic E-state index is -0.0362. The molecule has 3 N–H and O–H groups in total. The maximum absolute atomic E-state index is 9.45. The molecule has 0 saturated heterocycles. The van der Waals surface area contributed by atoms with Crippen molar-refractivity contribution < 1.29 is 9.84 Å². The molecule has 2 aromatic carbocycles. The molecular weight excluding hydrogens is 366 g/mol. The molecular formula is C19H16ClN5O2. The highest BCUT2D eigenvalue weighted by Crippen LogP contribution is 2.26. The average molecular weight is 382 g/mol. The maximum Gasteiger partial charge on any atom is 0.172 e. The van der Waals surface area contributed by atoms with Crippen LogP contribution in [0.3, 0.4) is 0 Å². The lowest BCUT2D eigenvalue weighted by atomic mass is 10.2. The summed E-state index contributed by atoms with van der Waals surface area (Å²) in [6, 6.07) is 16.4. The number of nitrogens with zero attached hydrogens (tertiary/aromatic N) is 3. The molecule has 3 rings (SSSR count). The highest BCUT2D eigenvalue weighted by Gasteiger charge is 2.12. The first kappa shape index (κ1) is 18.5. The van der Waals surface area contributed by atoms with Crippen LogP contribution in [0.1, 0.15) is 11.1 Å². The summed E-state index contributed by atoms with van der Waals surface area (Å²) in [5.74, 6) is 1.38. The van der Waals surface area contributed by atoms with Crippen LogP contribution in [-0.4, -0.2) is 34.7 Å². The molecule has 0 fully saturated rings. The summed E-state index contributed by atoms with van der Waals surface area (Å²) in [4.78, 5) is 4.31. The van der Waals surface area contributed by atoms with E-state index in [1.54, 1.807) is 36.5 Å². The molecule has 0 atom stereocenters. The summed E-state index contributed by atoms with van der Waals surface area (Å²) in [7, 11) is 0. The van der Waals surface area contributed by atoms with E-state index in [0.717, 1.165) is 11.3 Å². The lowest BCUT2D eigenvalue weighted by Crippen LogP contribution is -2.01. The number of aliphatic hydroxyl groups excluding tert-OH is 1. The smallest absolute Gasteiger partial charge is 0.172 e. The molecule has 0 aliphatic carbocycles. The average Bonchev–Trinajstić information content (AvgIpc) is 3.07. The number of anilines is 2. The van der Waals surface area contributed by atoms with Gasteiger partial charge in [0.15, 0.2) is 11.6 Å². The third kappa shape index (κ3) is 4.85. The van der Waals surface area contributed by atoms with Crippen molar-refractivity contribution in [2.45, 2.75) is 0 Å². The van der Waals surface area contributed by atoms with E-state index < -0.39 is 0 Å². The molecule has 0 amide bonds. The molecule has 7 nitrogen and oxygen atoms in total. The molecule has 136 valence electrons. The first-order chi connectivity index (χ1) is 13.2. The molecule has 3 aromatic rings. The van der Waals surface area contributed by atoms with E-state index in [1.807, 2.05) is 18.2 Å². The normalized spacial score (nSPS) is 10.7. The monoisotopic (exact) mass is 381 g/mol. The van der Waals surface area contributed by atoms with E-state index >= 15 is 0 Å². The highest BCUT2D eigenvalue weighted by molar-refractivity contribution is 6.30. The van der Waals surface area contributed by atoms with Gasteiger partial charge in [-0.1, -0.05) is 17.7 Å². The van der Waals surface area contributed by atoms with Gasteiger partial charge in [0.1, 0.15) is 24.0 Å². The minimum absolute atomic E-state index is 0.0362. The van der Waals surface area contributed by atoms with Gasteiger partial charge in [0.25, 0.3) is 0 Å². The first-order valence-electron chi connectivity index (χ1n) is 8.08. The maximum atomic E-state index is 9.45. The zero-order chi connectivity index (χ0) is 19.1. The second-order valence-corrected chi connectivity index (χ2v) is 5.88. The quantitative estimate of drug-likeness (QED) is 0.540. The van der Waals surface area contributed by atoms with E-state index in [0.29, 0.717) is 28.0 Å². The van der Waals surface area contributed by atoms with Crippen molar-refractivity contribution in [1.29, 1.82) is 5.26 Å². The van der Waals surface area contributed by atoms with E-state index in [1.165, 1.54) is 0 Å². The zero-order valence-corrected chi connectivity index (χ0v) is 14.9. The molecule has 0 unspecified atom stereocenters. The third-order valence-electron chi connectivity index (χ3n) is 3.53. The zero-order valence-electron chi connectivity index (χ0n) is 14.2.